The van der Waals surface area contributed by atoms with Gasteiger partial charge in [0, 0.05) is 5.92 Å². The maximum Gasteiger partial charge on any atom is 0.123 e. The van der Waals surface area contributed by atoms with Gasteiger partial charge in [-0.3, -0.25) is 0 Å². The molecule has 1 aromatic rings. The van der Waals surface area contributed by atoms with Crippen LogP contribution in [0.5, 0.6) is 0 Å². The molecule has 0 aromatic heterocycles. The molecule has 1 rings (SSSR count). The predicted octanol–water partition coefficient (Wildman–Crippen LogP) is 1.81. The van der Waals surface area contributed by atoms with Gasteiger partial charge in [0.1, 0.15) is 18.4 Å². The van der Waals surface area contributed by atoms with Crippen molar-refractivity contribution in [2.45, 2.75) is 13.3 Å². The Morgan fingerprint density at radius 1 is 1.33 bits per heavy atom. The normalized spacial score (nSPS) is 11.1. The van der Waals surface area contributed by atoms with Crippen molar-refractivity contribution in [1.29, 1.82) is 10.5 Å². The molecule has 0 aliphatic rings. The minimum atomic E-state index is -0.0653. The molecule has 1 aromatic carbocycles. The first kappa shape index (κ1) is 10.9. The summed E-state index contributed by atoms with van der Waals surface area (Å²) >= 11 is 0. The lowest BCUT2D eigenvalue weighted by Crippen LogP contribution is -2.01. The van der Waals surface area contributed by atoms with Crippen LogP contribution in [0.25, 0.3) is 0 Å². The van der Waals surface area contributed by atoms with Gasteiger partial charge >= 0.3 is 0 Å². The molecular formula is C12H10N2O. The highest BCUT2D eigenvalue weighted by Crippen LogP contribution is 2.13. The summed E-state index contributed by atoms with van der Waals surface area (Å²) in [6, 6.07) is 8.98. The van der Waals surface area contributed by atoms with Crippen molar-refractivity contribution in [2.75, 3.05) is 0 Å². The maximum atomic E-state index is 10.5. The largest absolute Gasteiger partial charge is 0.303 e. The molecule has 0 N–H and O–H groups in total. The number of carbonyl (C=O) groups excluding carboxylic acids is 1. The summed E-state index contributed by atoms with van der Waals surface area (Å²) in [5.41, 5.74) is 1.65. The van der Waals surface area contributed by atoms with E-state index in [4.69, 9.17) is 10.5 Å². The van der Waals surface area contributed by atoms with Crippen molar-refractivity contribution < 1.29 is 4.79 Å². The zero-order valence-corrected chi connectivity index (χ0v) is 8.40. The van der Waals surface area contributed by atoms with Crippen LogP contribution in [0.4, 0.5) is 0 Å². The second-order valence-electron chi connectivity index (χ2n) is 3.42. The third-order valence-electron chi connectivity index (χ3n) is 2.11. The van der Waals surface area contributed by atoms with Gasteiger partial charge in [-0.15, -0.1) is 0 Å². The molecule has 15 heavy (non-hydrogen) atoms. The van der Waals surface area contributed by atoms with E-state index in [-0.39, 0.29) is 5.92 Å². The van der Waals surface area contributed by atoms with Gasteiger partial charge in [0.15, 0.2) is 0 Å². The van der Waals surface area contributed by atoms with Crippen LogP contribution in [0.3, 0.4) is 0 Å². The van der Waals surface area contributed by atoms with Gasteiger partial charge in [0.2, 0.25) is 0 Å². The predicted molar refractivity (Wildman–Crippen MR) is 54.8 cm³/mol. The van der Waals surface area contributed by atoms with Gasteiger partial charge in [0.05, 0.1) is 11.1 Å². The topological polar surface area (TPSA) is 64.7 Å². The Morgan fingerprint density at radius 3 is 2.53 bits per heavy atom. The number of hydrogen-bond donors (Lipinski definition) is 0. The molecule has 0 saturated heterocycles. The van der Waals surface area contributed by atoms with E-state index in [0.717, 1.165) is 11.8 Å². The maximum absolute atomic E-state index is 10.5. The smallest absolute Gasteiger partial charge is 0.123 e. The lowest BCUT2D eigenvalue weighted by Gasteiger charge is -2.04. The minimum Gasteiger partial charge on any atom is -0.303 e. The number of aldehydes is 1. The van der Waals surface area contributed by atoms with Gasteiger partial charge in [0.25, 0.3) is 0 Å². The summed E-state index contributed by atoms with van der Waals surface area (Å²) in [5, 5.41) is 17.5. The number of nitriles is 2. The Hall–Kier alpha value is -2.13. The highest BCUT2D eigenvalue weighted by atomic mass is 16.1. The van der Waals surface area contributed by atoms with Crippen molar-refractivity contribution in [3.63, 3.8) is 0 Å². The van der Waals surface area contributed by atoms with Crippen LogP contribution in [0.2, 0.25) is 0 Å². The SMILES string of the molecule is CC(C=O)Cc1ccc(C#N)c(C#N)c1. The number of hydrogen-bond acceptors (Lipinski definition) is 3. The fraction of sp³-hybridized carbons (Fsp3) is 0.250. The molecule has 3 heteroatoms. The van der Waals surface area contributed by atoms with Crippen LogP contribution in [0, 0.1) is 28.6 Å². The summed E-state index contributed by atoms with van der Waals surface area (Å²) in [5.74, 6) is -0.0653. The minimum absolute atomic E-state index is 0.0653. The van der Waals surface area contributed by atoms with Crippen LogP contribution >= 0.6 is 0 Å². The molecule has 0 amide bonds. The first-order valence-electron chi connectivity index (χ1n) is 4.59. The molecule has 0 saturated carbocycles. The molecule has 3 nitrogen and oxygen atoms in total. The summed E-state index contributed by atoms with van der Waals surface area (Å²) in [4.78, 5) is 10.5. The molecule has 0 spiro atoms. The van der Waals surface area contributed by atoms with E-state index in [2.05, 4.69) is 0 Å². The van der Waals surface area contributed by atoms with E-state index in [0.29, 0.717) is 17.5 Å². The van der Waals surface area contributed by atoms with Crippen molar-refractivity contribution in [3.8, 4) is 12.1 Å². The van der Waals surface area contributed by atoms with Crippen LogP contribution in [0.15, 0.2) is 18.2 Å². The lowest BCUT2D eigenvalue weighted by atomic mass is 9.98. The number of rotatable bonds is 3. The highest BCUT2D eigenvalue weighted by Gasteiger charge is 2.05. The van der Waals surface area contributed by atoms with E-state index < -0.39 is 0 Å². The van der Waals surface area contributed by atoms with E-state index in [1.807, 2.05) is 19.1 Å². The third-order valence-corrected chi connectivity index (χ3v) is 2.11. The molecule has 0 fully saturated rings. The Labute approximate surface area is 88.6 Å². The Morgan fingerprint density at radius 2 is 2.00 bits per heavy atom. The van der Waals surface area contributed by atoms with Crippen LogP contribution < -0.4 is 0 Å². The first-order chi connectivity index (χ1) is 7.21. The van der Waals surface area contributed by atoms with Crippen molar-refractivity contribution >= 4 is 6.29 Å². The zero-order chi connectivity index (χ0) is 11.3. The van der Waals surface area contributed by atoms with Crippen molar-refractivity contribution in [1.82, 2.24) is 0 Å². The molecule has 1 unspecified atom stereocenters. The van der Waals surface area contributed by atoms with Crippen LogP contribution in [-0.2, 0) is 11.2 Å². The molecule has 0 aliphatic heterocycles. The quantitative estimate of drug-likeness (QED) is 0.695. The number of benzene rings is 1. The lowest BCUT2D eigenvalue weighted by molar-refractivity contribution is -0.110. The monoisotopic (exact) mass is 198 g/mol. The van der Waals surface area contributed by atoms with Crippen molar-refractivity contribution in [3.05, 3.63) is 34.9 Å². The molecule has 1 atom stereocenters. The summed E-state index contributed by atoms with van der Waals surface area (Å²) in [6.07, 6.45) is 1.48. The van der Waals surface area contributed by atoms with E-state index in [1.165, 1.54) is 0 Å². The van der Waals surface area contributed by atoms with E-state index in [9.17, 15) is 4.79 Å². The standard InChI is InChI=1S/C12H10N2O/c1-9(8-15)4-10-2-3-11(6-13)12(5-10)7-14/h2-3,5,8-9H,4H2,1H3. The van der Waals surface area contributed by atoms with E-state index in [1.54, 1.807) is 18.2 Å². The fourth-order valence-corrected chi connectivity index (χ4v) is 1.33. The van der Waals surface area contributed by atoms with Gasteiger partial charge in [-0.05, 0) is 24.1 Å². The highest BCUT2D eigenvalue weighted by molar-refractivity contribution is 5.54. The Kier molecular flexibility index (Phi) is 3.60. The Bertz CT molecular complexity index is 452. The zero-order valence-electron chi connectivity index (χ0n) is 8.40. The van der Waals surface area contributed by atoms with Crippen LogP contribution in [0.1, 0.15) is 23.6 Å². The molecule has 0 heterocycles. The Balaban J connectivity index is 3.00. The van der Waals surface area contributed by atoms with Crippen molar-refractivity contribution in [2.24, 2.45) is 5.92 Å². The molecule has 0 radical (unpaired) electrons. The van der Waals surface area contributed by atoms with Gasteiger partial charge < -0.3 is 4.79 Å². The average molecular weight is 198 g/mol. The van der Waals surface area contributed by atoms with E-state index >= 15 is 0 Å². The fourth-order valence-electron chi connectivity index (χ4n) is 1.33. The first-order valence-corrected chi connectivity index (χ1v) is 4.59. The second-order valence-corrected chi connectivity index (χ2v) is 3.42. The number of nitrogens with zero attached hydrogens (tertiary/aromatic N) is 2. The van der Waals surface area contributed by atoms with Gasteiger partial charge in [-0.25, -0.2) is 0 Å². The molecule has 74 valence electrons. The van der Waals surface area contributed by atoms with Gasteiger partial charge in [-0.1, -0.05) is 13.0 Å². The molecule has 0 bridgehead atoms. The summed E-state index contributed by atoms with van der Waals surface area (Å²) in [7, 11) is 0. The molecular weight excluding hydrogens is 188 g/mol. The third kappa shape index (κ3) is 2.65. The molecule has 0 aliphatic carbocycles. The summed E-state index contributed by atoms with van der Waals surface area (Å²) in [6.45, 7) is 1.82. The second kappa shape index (κ2) is 4.93. The van der Waals surface area contributed by atoms with Gasteiger partial charge in [-0.2, -0.15) is 10.5 Å². The average Bonchev–Trinajstić information content (AvgIpc) is 2.28. The summed E-state index contributed by atoms with van der Waals surface area (Å²) < 4.78 is 0. The van der Waals surface area contributed by atoms with Crippen LogP contribution in [-0.4, -0.2) is 6.29 Å². The number of carbonyl (C=O) groups is 1.